The predicted octanol–water partition coefficient (Wildman–Crippen LogP) is 3.00. The van der Waals surface area contributed by atoms with Crippen molar-refractivity contribution in [3.8, 4) is 11.5 Å². The predicted molar refractivity (Wildman–Crippen MR) is 81.8 cm³/mol. The first-order valence-electron chi connectivity index (χ1n) is 7.03. The quantitative estimate of drug-likeness (QED) is 0.652. The number of methoxy groups -OCH3 is 1. The molecule has 0 aliphatic heterocycles. The van der Waals surface area contributed by atoms with E-state index in [1.54, 1.807) is 7.11 Å². The van der Waals surface area contributed by atoms with Crippen molar-refractivity contribution < 1.29 is 14.6 Å². The number of nitrogens with one attached hydrogen (secondary N) is 1. The molecular formula is C15H24ClNO3. The Hall–Kier alpha value is -0.970. The third-order valence-electron chi connectivity index (χ3n) is 2.92. The zero-order valence-electron chi connectivity index (χ0n) is 12.2. The molecule has 2 N–H and O–H groups in total. The van der Waals surface area contributed by atoms with Crippen LogP contribution in [0.5, 0.6) is 11.5 Å². The highest BCUT2D eigenvalue weighted by molar-refractivity contribution is 6.32. The first kappa shape index (κ1) is 17.1. The van der Waals surface area contributed by atoms with Gasteiger partial charge in [-0.15, -0.1) is 0 Å². The summed E-state index contributed by atoms with van der Waals surface area (Å²) in [6, 6.07) is 3.84. The van der Waals surface area contributed by atoms with E-state index >= 15 is 0 Å². The van der Waals surface area contributed by atoms with E-state index in [4.69, 9.17) is 26.2 Å². The van der Waals surface area contributed by atoms with Gasteiger partial charge < -0.3 is 19.9 Å². The van der Waals surface area contributed by atoms with Crippen molar-refractivity contribution in [2.45, 2.75) is 32.7 Å². The minimum Gasteiger partial charge on any atom is -0.493 e. The number of halogens is 1. The standard InChI is InChI=1S/C15H24ClNO3/c1-3-20-15-13(16)9-12(10-14(15)19-2)11-17-7-5-4-6-8-18/h9-10,17-18H,3-8,11H2,1-2H3. The van der Waals surface area contributed by atoms with Crippen molar-refractivity contribution in [1.82, 2.24) is 5.32 Å². The molecule has 20 heavy (non-hydrogen) atoms. The van der Waals surface area contributed by atoms with Gasteiger partial charge in [-0.2, -0.15) is 0 Å². The minimum atomic E-state index is 0.270. The van der Waals surface area contributed by atoms with Crippen LogP contribution in [-0.4, -0.2) is 32.0 Å². The second kappa shape index (κ2) is 9.86. The molecular weight excluding hydrogens is 278 g/mol. The van der Waals surface area contributed by atoms with Crippen molar-refractivity contribution in [2.24, 2.45) is 0 Å². The third-order valence-corrected chi connectivity index (χ3v) is 3.20. The second-order valence-electron chi connectivity index (χ2n) is 4.50. The summed E-state index contributed by atoms with van der Waals surface area (Å²) in [6.45, 7) is 4.40. The molecule has 0 atom stereocenters. The van der Waals surface area contributed by atoms with Crippen LogP contribution in [0, 0.1) is 0 Å². The van der Waals surface area contributed by atoms with E-state index in [2.05, 4.69) is 5.32 Å². The summed E-state index contributed by atoms with van der Waals surface area (Å²) in [6.07, 6.45) is 2.96. The molecule has 5 heteroatoms. The Kier molecular flexibility index (Phi) is 8.42. The van der Waals surface area contributed by atoms with Gasteiger partial charge >= 0.3 is 0 Å². The van der Waals surface area contributed by atoms with Crippen molar-refractivity contribution >= 4 is 11.6 Å². The maximum atomic E-state index is 8.70. The van der Waals surface area contributed by atoms with Crippen molar-refractivity contribution in [1.29, 1.82) is 0 Å². The summed E-state index contributed by atoms with van der Waals surface area (Å²) >= 11 is 6.21. The number of ether oxygens (including phenoxy) is 2. The highest BCUT2D eigenvalue weighted by atomic mass is 35.5. The average Bonchev–Trinajstić information content (AvgIpc) is 2.45. The molecule has 1 rings (SSSR count). The van der Waals surface area contributed by atoms with Crippen LogP contribution in [0.25, 0.3) is 0 Å². The van der Waals surface area contributed by atoms with Gasteiger partial charge in [0.15, 0.2) is 11.5 Å². The third kappa shape index (κ3) is 5.57. The van der Waals surface area contributed by atoms with E-state index in [9.17, 15) is 0 Å². The largest absolute Gasteiger partial charge is 0.493 e. The number of benzene rings is 1. The maximum Gasteiger partial charge on any atom is 0.179 e. The lowest BCUT2D eigenvalue weighted by atomic mass is 10.2. The zero-order valence-corrected chi connectivity index (χ0v) is 13.0. The van der Waals surface area contributed by atoms with Crippen LogP contribution in [0.2, 0.25) is 5.02 Å². The number of aliphatic hydroxyl groups is 1. The molecule has 0 fully saturated rings. The molecule has 0 unspecified atom stereocenters. The molecule has 0 radical (unpaired) electrons. The molecule has 0 aromatic heterocycles. The van der Waals surface area contributed by atoms with E-state index in [-0.39, 0.29) is 6.61 Å². The lowest BCUT2D eigenvalue weighted by molar-refractivity contribution is 0.283. The van der Waals surface area contributed by atoms with Crippen LogP contribution in [0.1, 0.15) is 31.7 Å². The summed E-state index contributed by atoms with van der Waals surface area (Å²) in [7, 11) is 1.61. The molecule has 1 aromatic rings. The van der Waals surface area contributed by atoms with Gasteiger partial charge in [-0.3, -0.25) is 0 Å². The topological polar surface area (TPSA) is 50.7 Å². The number of hydrogen-bond donors (Lipinski definition) is 2. The fourth-order valence-electron chi connectivity index (χ4n) is 1.93. The molecule has 4 nitrogen and oxygen atoms in total. The smallest absolute Gasteiger partial charge is 0.179 e. The average molecular weight is 302 g/mol. The lowest BCUT2D eigenvalue weighted by Crippen LogP contribution is -2.15. The highest BCUT2D eigenvalue weighted by Crippen LogP contribution is 2.36. The molecule has 0 aliphatic carbocycles. The molecule has 0 saturated heterocycles. The van der Waals surface area contributed by atoms with Gasteiger partial charge in [-0.1, -0.05) is 11.6 Å². The monoisotopic (exact) mass is 301 g/mol. The molecule has 0 saturated carbocycles. The summed E-state index contributed by atoms with van der Waals surface area (Å²) < 4.78 is 10.8. The summed E-state index contributed by atoms with van der Waals surface area (Å²) in [5.41, 5.74) is 1.07. The van der Waals surface area contributed by atoms with Crippen molar-refractivity contribution in [2.75, 3.05) is 26.9 Å². The Morgan fingerprint density at radius 3 is 2.70 bits per heavy atom. The van der Waals surface area contributed by atoms with E-state index in [0.29, 0.717) is 23.1 Å². The number of aliphatic hydroxyl groups excluding tert-OH is 1. The number of rotatable bonds is 10. The molecule has 0 amide bonds. The van der Waals surface area contributed by atoms with Gasteiger partial charge in [-0.05, 0) is 50.4 Å². The van der Waals surface area contributed by atoms with Crippen LogP contribution in [-0.2, 0) is 6.54 Å². The summed E-state index contributed by atoms with van der Waals surface area (Å²) in [5.74, 6) is 1.26. The Labute approximate surface area is 126 Å². The SMILES string of the molecule is CCOc1c(Cl)cc(CNCCCCCO)cc1OC. The fourth-order valence-corrected chi connectivity index (χ4v) is 2.22. The normalized spacial score (nSPS) is 10.6. The van der Waals surface area contributed by atoms with Crippen LogP contribution in [0.15, 0.2) is 12.1 Å². The van der Waals surface area contributed by atoms with Crippen LogP contribution < -0.4 is 14.8 Å². The van der Waals surface area contributed by atoms with Gasteiger partial charge in [0.2, 0.25) is 0 Å². The Balaban J connectivity index is 2.52. The molecule has 0 aliphatic rings. The van der Waals surface area contributed by atoms with Crippen LogP contribution in [0.4, 0.5) is 0 Å². The second-order valence-corrected chi connectivity index (χ2v) is 4.91. The van der Waals surface area contributed by atoms with Crippen LogP contribution >= 0.6 is 11.6 Å². The zero-order chi connectivity index (χ0) is 14.8. The first-order chi connectivity index (χ1) is 9.72. The number of hydrogen-bond acceptors (Lipinski definition) is 4. The summed E-state index contributed by atoms with van der Waals surface area (Å²) in [4.78, 5) is 0. The van der Waals surface area contributed by atoms with Gasteiger partial charge in [0.05, 0.1) is 18.7 Å². The maximum absolute atomic E-state index is 8.70. The minimum absolute atomic E-state index is 0.270. The Morgan fingerprint density at radius 1 is 1.25 bits per heavy atom. The van der Waals surface area contributed by atoms with Crippen LogP contribution in [0.3, 0.4) is 0 Å². The molecule has 114 valence electrons. The Morgan fingerprint density at radius 2 is 2.05 bits per heavy atom. The van der Waals surface area contributed by atoms with E-state index < -0.39 is 0 Å². The molecule has 0 spiro atoms. The summed E-state index contributed by atoms with van der Waals surface area (Å²) in [5, 5.41) is 12.6. The highest BCUT2D eigenvalue weighted by Gasteiger charge is 2.11. The van der Waals surface area contributed by atoms with Gasteiger partial charge in [-0.25, -0.2) is 0 Å². The van der Waals surface area contributed by atoms with Gasteiger partial charge in [0.1, 0.15) is 0 Å². The lowest BCUT2D eigenvalue weighted by Gasteiger charge is -2.13. The van der Waals surface area contributed by atoms with Gasteiger partial charge in [0.25, 0.3) is 0 Å². The molecule has 1 aromatic carbocycles. The molecule has 0 heterocycles. The number of unbranched alkanes of at least 4 members (excludes halogenated alkanes) is 2. The van der Waals surface area contributed by atoms with Crippen molar-refractivity contribution in [3.05, 3.63) is 22.7 Å². The molecule has 0 bridgehead atoms. The fraction of sp³-hybridized carbons (Fsp3) is 0.600. The van der Waals surface area contributed by atoms with Gasteiger partial charge in [0, 0.05) is 13.2 Å². The Bertz CT molecular complexity index is 399. The van der Waals surface area contributed by atoms with E-state index in [1.165, 1.54) is 0 Å². The van der Waals surface area contributed by atoms with Crippen molar-refractivity contribution in [3.63, 3.8) is 0 Å². The first-order valence-corrected chi connectivity index (χ1v) is 7.41. The van der Waals surface area contributed by atoms with E-state index in [1.807, 2.05) is 19.1 Å². The van der Waals surface area contributed by atoms with E-state index in [0.717, 1.165) is 37.9 Å².